The summed E-state index contributed by atoms with van der Waals surface area (Å²) in [7, 11) is 1.75. The molecule has 2 N–H and O–H groups in total. The van der Waals surface area contributed by atoms with Crippen molar-refractivity contribution in [2.45, 2.75) is 6.42 Å². The van der Waals surface area contributed by atoms with Gasteiger partial charge >= 0.3 is 0 Å². The first-order chi connectivity index (χ1) is 9.19. The van der Waals surface area contributed by atoms with Crippen LogP contribution in [0.25, 0.3) is 0 Å². The van der Waals surface area contributed by atoms with Crippen molar-refractivity contribution in [3.8, 4) is 0 Å². The minimum Gasteiger partial charge on any atom is -0.372 e. The lowest BCUT2D eigenvalue weighted by atomic mass is 10.3. The highest BCUT2D eigenvalue weighted by atomic mass is 35.5. The highest BCUT2D eigenvalue weighted by molar-refractivity contribution is 7.16. The van der Waals surface area contributed by atoms with Crippen molar-refractivity contribution in [2.24, 2.45) is 0 Å². The number of hydrogen-bond acceptors (Lipinski definition) is 5. The molecule has 0 aromatic carbocycles. The van der Waals surface area contributed by atoms with Crippen LogP contribution in [0.2, 0.25) is 4.34 Å². The van der Waals surface area contributed by atoms with E-state index in [9.17, 15) is 4.79 Å². The molecule has 1 amide bonds. The fraction of sp³-hybridized carbons (Fsp3) is 0.250. The fourth-order valence-corrected chi connectivity index (χ4v) is 2.55. The Hall–Kier alpha value is -1.66. The van der Waals surface area contributed by atoms with E-state index >= 15 is 0 Å². The first-order valence-corrected chi connectivity index (χ1v) is 6.92. The summed E-state index contributed by atoms with van der Waals surface area (Å²) in [5.74, 6) is 0.405. The number of carbonyl (C=O) groups is 1. The first kappa shape index (κ1) is 13.8. The second kappa shape index (κ2) is 6.49. The molecule has 0 unspecified atom stereocenters. The second-order valence-corrected chi connectivity index (χ2v) is 5.57. The van der Waals surface area contributed by atoms with Gasteiger partial charge in [-0.15, -0.1) is 21.5 Å². The molecular formula is C12H13ClN4OS. The average Bonchev–Trinajstić information content (AvgIpc) is 2.84. The number of halogens is 1. The van der Waals surface area contributed by atoms with Gasteiger partial charge in [0.1, 0.15) is 5.82 Å². The minimum absolute atomic E-state index is 0.224. The molecule has 100 valence electrons. The van der Waals surface area contributed by atoms with E-state index in [2.05, 4.69) is 20.8 Å². The Bertz CT molecular complexity index is 555. The zero-order valence-electron chi connectivity index (χ0n) is 10.3. The van der Waals surface area contributed by atoms with Crippen LogP contribution >= 0.6 is 22.9 Å². The topological polar surface area (TPSA) is 66.9 Å². The van der Waals surface area contributed by atoms with E-state index in [-0.39, 0.29) is 5.91 Å². The highest BCUT2D eigenvalue weighted by Gasteiger charge is 2.07. The van der Waals surface area contributed by atoms with Crippen molar-refractivity contribution in [3.05, 3.63) is 39.2 Å². The van der Waals surface area contributed by atoms with E-state index in [1.807, 2.05) is 12.1 Å². The van der Waals surface area contributed by atoms with Crippen molar-refractivity contribution in [2.75, 3.05) is 18.9 Å². The molecule has 0 aliphatic heterocycles. The average molecular weight is 297 g/mol. The molecule has 2 rings (SSSR count). The Morgan fingerprint density at radius 2 is 2.16 bits per heavy atom. The lowest BCUT2D eigenvalue weighted by molar-refractivity contribution is 0.0948. The lowest BCUT2D eigenvalue weighted by Gasteiger charge is -2.03. The molecule has 2 aromatic rings. The van der Waals surface area contributed by atoms with E-state index in [0.717, 1.165) is 15.6 Å². The summed E-state index contributed by atoms with van der Waals surface area (Å²) < 4.78 is 0.759. The Morgan fingerprint density at radius 1 is 1.32 bits per heavy atom. The molecule has 0 bridgehead atoms. The molecule has 7 heteroatoms. The number of aromatic nitrogens is 2. The summed E-state index contributed by atoms with van der Waals surface area (Å²) in [5.41, 5.74) is 0.309. The van der Waals surface area contributed by atoms with E-state index in [4.69, 9.17) is 11.6 Å². The number of nitrogens with zero attached hydrogens (tertiary/aromatic N) is 2. The molecule has 0 spiro atoms. The molecule has 0 fully saturated rings. The van der Waals surface area contributed by atoms with Gasteiger partial charge in [0.05, 0.1) is 4.34 Å². The maximum Gasteiger partial charge on any atom is 0.271 e. The molecule has 19 heavy (non-hydrogen) atoms. The Labute approximate surface area is 120 Å². The summed E-state index contributed by atoms with van der Waals surface area (Å²) in [6, 6.07) is 7.16. The van der Waals surface area contributed by atoms with Gasteiger partial charge in [0.2, 0.25) is 0 Å². The zero-order valence-corrected chi connectivity index (χ0v) is 11.9. The maximum absolute atomic E-state index is 11.8. The van der Waals surface area contributed by atoms with E-state index < -0.39 is 0 Å². The van der Waals surface area contributed by atoms with E-state index in [1.54, 1.807) is 19.2 Å². The predicted octanol–water partition coefficient (Wildman–Crippen LogP) is 2.21. The molecule has 0 saturated carbocycles. The molecule has 0 aliphatic carbocycles. The van der Waals surface area contributed by atoms with Gasteiger partial charge in [-0.2, -0.15) is 0 Å². The van der Waals surface area contributed by atoms with Crippen LogP contribution in [-0.2, 0) is 6.42 Å². The maximum atomic E-state index is 11.8. The Morgan fingerprint density at radius 3 is 2.74 bits per heavy atom. The number of thiophene rings is 1. The molecule has 2 aromatic heterocycles. The molecule has 0 atom stereocenters. The van der Waals surface area contributed by atoms with Crippen LogP contribution in [0.4, 0.5) is 5.82 Å². The molecule has 5 nitrogen and oxygen atoms in total. The van der Waals surface area contributed by atoms with Crippen molar-refractivity contribution in [1.82, 2.24) is 15.5 Å². The minimum atomic E-state index is -0.224. The summed E-state index contributed by atoms with van der Waals surface area (Å²) in [6.45, 7) is 0.547. The second-order valence-electron chi connectivity index (χ2n) is 3.77. The van der Waals surface area contributed by atoms with E-state index in [1.165, 1.54) is 11.3 Å². The van der Waals surface area contributed by atoms with Gasteiger partial charge < -0.3 is 10.6 Å². The number of anilines is 1. The van der Waals surface area contributed by atoms with E-state index in [0.29, 0.717) is 18.1 Å². The van der Waals surface area contributed by atoms with Gasteiger partial charge in [0.15, 0.2) is 5.69 Å². The van der Waals surface area contributed by atoms with Gasteiger partial charge in [-0.3, -0.25) is 4.79 Å². The van der Waals surface area contributed by atoms with Gasteiger partial charge in [0.25, 0.3) is 5.91 Å². The quantitative estimate of drug-likeness (QED) is 0.888. The molecular weight excluding hydrogens is 284 g/mol. The van der Waals surface area contributed by atoms with Gasteiger partial charge in [-0.05, 0) is 30.7 Å². The van der Waals surface area contributed by atoms with Gasteiger partial charge in [-0.25, -0.2) is 0 Å². The molecule has 2 heterocycles. The van der Waals surface area contributed by atoms with Crippen LogP contribution in [0.1, 0.15) is 15.4 Å². The smallest absolute Gasteiger partial charge is 0.271 e. The number of nitrogens with one attached hydrogen (secondary N) is 2. The SMILES string of the molecule is CNc1ccc(C(=O)NCCc2ccc(Cl)s2)nn1. The normalized spacial score (nSPS) is 10.2. The van der Waals surface area contributed by atoms with Crippen LogP contribution in [0.3, 0.4) is 0 Å². The van der Waals surface area contributed by atoms with Crippen molar-refractivity contribution >= 4 is 34.7 Å². The van der Waals surface area contributed by atoms with Crippen LogP contribution < -0.4 is 10.6 Å². The highest BCUT2D eigenvalue weighted by Crippen LogP contribution is 2.21. The Balaban J connectivity index is 1.83. The number of hydrogen-bond donors (Lipinski definition) is 2. The molecule has 0 radical (unpaired) electrons. The Kier molecular flexibility index (Phi) is 4.70. The summed E-state index contributed by atoms with van der Waals surface area (Å²) >= 11 is 7.35. The zero-order chi connectivity index (χ0) is 13.7. The van der Waals surface area contributed by atoms with Crippen LogP contribution in [0, 0.1) is 0 Å². The predicted molar refractivity (Wildman–Crippen MR) is 76.9 cm³/mol. The van der Waals surface area contributed by atoms with Crippen LogP contribution in [-0.4, -0.2) is 29.7 Å². The number of carbonyl (C=O) groups excluding carboxylic acids is 1. The van der Waals surface area contributed by atoms with Crippen molar-refractivity contribution < 1.29 is 4.79 Å². The summed E-state index contributed by atoms with van der Waals surface area (Å²) in [5, 5.41) is 13.3. The number of rotatable bonds is 5. The number of amides is 1. The molecule has 0 aliphatic rings. The third-order valence-electron chi connectivity index (χ3n) is 2.44. The first-order valence-electron chi connectivity index (χ1n) is 5.73. The molecule has 0 saturated heterocycles. The van der Waals surface area contributed by atoms with Gasteiger partial charge in [0, 0.05) is 18.5 Å². The standard InChI is InChI=1S/C12H13ClN4OS/c1-14-11-5-3-9(16-17-11)12(18)15-7-6-8-2-4-10(13)19-8/h2-5H,6-7H2,1H3,(H,14,17)(H,15,18). The van der Waals surface area contributed by atoms with Crippen LogP contribution in [0.15, 0.2) is 24.3 Å². The monoisotopic (exact) mass is 296 g/mol. The van der Waals surface area contributed by atoms with Gasteiger partial charge in [-0.1, -0.05) is 11.6 Å². The fourth-order valence-electron chi connectivity index (χ4n) is 1.46. The third-order valence-corrected chi connectivity index (χ3v) is 3.73. The largest absolute Gasteiger partial charge is 0.372 e. The summed E-state index contributed by atoms with van der Waals surface area (Å²) in [6.07, 6.45) is 0.755. The third kappa shape index (κ3) is 3.90. The summed E-state index contributed by atoms with van der Waals surface area (Å²) in [4.78, 5) is 12.9. The van der Waals surface area contributed by atoms with Crippen molar-refractivity contribution in [3.63, 3.8) is 0 Å². The van der Waals surface area contributed by atoms with Crippen LogP contribution in [0.5, 0.6) is 0 Å². The van der Waals surface area contributed by atoms with Crippen molar-refractivity contribution in [1.29, 1.82) is 0 Å². The lowest BCUT2D eigenvalue weighted by Crippen LogP contribution is -2.26.